The van der Waals surface area contributed by atoms with Crippen molar-refractivity contribution in [1.29, 1.82) is 0 Å². The molecule has 0 radical (unpaired) electrons. The molecule has 1 aliphatic rings. The van der Waals surface area contributed by atoms with Gasteiger partial charge in [0.2, 0.25) is 5.91 Å². The van der Waals surface area contributed by atoms with Crippen LogP contribution in [0.3, 0.4) is 0 Å². The molecule has 5 nitrogen and oxygen atoms in total. The minimum Gasteiger partial charge on any atom is -0.359 e. The monoisotopic (exact) mass is 253 g/mol. The molecule has 2 N–H and O–H groups in total. The van der Waals surface area contributed by atoms with E-state index in [-0.39, 0.29) is 23.9 Å². The van der Waals surface area contributed by atoms with E-state index in [1.165, 1.54) is 0 Å². The number of urea groups is 1. The van der Waals surface area contributed by atoms with Crippen LogP contribution in [0.15, 0.2) is 12.7 Å². The summed E-state index contributed by atoms with van der Waals surface area (Å²) in [7, 11) is 3.36. The molecular formula is C13H23N3O2. The minimum absolute atomic E-state index is 0.0198. The minimum atomic E-state index is -0.143. The second kappa shape index (κ2) is 7.03. The van der Waals surface area contributed by atoms with Gasteiger partial charge in [0.05, 0.1) is 5.92 Å². The largest absolute Gasteiger partial charge is 0.359 e. The normalized spacial score (nSPS) is 23.0. The Morgan fingerprint density at radius 2 is 2.06 bits per heavy atom. The Morgan fingerprint density at radius 3 is 2.67 bits per heavy atom. The molecule has 5 heteroatoms. The molecule has 0 aromatic rings. The van der Waals surface area contributed by atoms with Gasteiger partial charge in [-0.3, -0.25) is 4.79 Å². The Morgan fingerprint density at radius 1 is 1.39 bits per heavy atom. The first kappa shape index (κ1) is 14.5. The highest BCUT2D eigenvalue weighted by molar-refractivity contribution is 5.81. The number of rotatable bonds is 4. The molecule has 0 spiro atoms. The molecule has 2 atom stereocenters. The van der Waals surface area contributed by atoms with E-state index in [1.54, 1.807) is 25.1 Å². The maximum atomic E-state index is 11.9. The summed E-state index contributed by atoms with van der Waals surface area (Å²) in [5.41, 5.74) is 0. The lowest BCUT2D eigenvalue weighted by Crippen LogP contribution is -2.51. The van der Waals surface area contributed by atoms with Gasteiger partial charge >= 0.3 is 6.03 Å². The van der Waals surface area contributed by atoms with Crippen LogP contribution in [0, 0.1) is 5.92 Å². The molecule has 0 heterocycles. The molecule has 0 aromatic heterocycles. The van der Waals surface area contributed by atoms with Gasteiger partial charge in [-0.1, -0.05) is 18.9 Å². The van der Waals surface area contributed by atoms with Crippen LogP contribution < -0.4 is 10.6 Å². The second-order valence-corrected chi connectivity index (χ2v) is 4.73. The quantitative estimate of drug-likeness (QED) is 0.738. The summed E-state index contributed by atoms with van der Waals surface area (Å²) in [5, 5.41) is 5.62. The summed E-state index contributed by atoms with van der Waals surface area (Å²) in [6.45, 7) is 4.10. The SMILES string of the molecule is C=CCN(C)C(=O)N[C@H]1CCCC[C@@H]1C(=O)NC. The van der Waals surface area contributed by atoms with Gasteiger partial charge in [0.1, 0.15) is 0 Å². The average molecular weight is 253 g/mol. The molecule has 0 aromatic carbocycles. The Hall–Kier alpha value is -1.52. The van der Waals surface area contributed by atoms with E-state index >= 15 is 0 Å². The maximum absolute atomic E-state index is 11.9. The predicted octanol–water partition coefficient (Wildman–Crippen LogP) is 1.12. The summed E-state index contributed by atoms with van der Waals surface area (Å²) in [6, 6.07) is -0.200. The van der Waals surface area contributed by atoms with E-state index in [9.17, 15) is 9.59 Å². The number of carbonyl (C=O) groups is 2. The number of amides is 3. The lowest BCUT2D eigenvalue weighted by molar-refractivity contribution is -0.126. The van der Waals surface area contributed by atoms with Crippen LogP contribution in [0.1, 0.15) is 25.7 Å². The van der Waals surface area contributed by atoms with Crippen LogP contribution in [0.25, 0.3) is 0 Å². The van der Waals surface area contributed by atoms with Gasteiger partial charge in [0.15, 0.2) is 0 Å². The molecule has 102 valence electrons. The predicted molar refractivity (Wildman–Crippen MR) is 71.2 cm³/mol. The van der Waals surface area contributed by atoms with Gasteiger partial charge in [0, 0.05) is 26.7 Å². The van der Waals surface area contributed by atoms with Gasteiger partial charge in [-0.15, -0.1) is 6.58 Å². The van der Waals surface area contributed by atoms with Gasteiger partial charge in [0.25, 0.3) is 0 Å². The van der Waals surface area contributed by atoms with Crippen molar-refractivity contribution in [3.05, 3.63) is 12.7 Å². The van der Waals surface area contributed by atoms with Crippen LogP contribution >= 0.6 is 0 Å². The smallest absolute Gasteiger partial charge is 0.317 e. The van der Waals surface area contributed by atoms with E-state index < -0.39 is 0 Å². The lowest BCUT2D eigenvalue weighted by Gasteiger charge is -2.32. The van der Waals surface area contributed by atoms with Crippen molar-refractivity contribution in [2.24, 2.45) is 5.92 Å². The Labute approximate surface area is 109 Å². The van der Waals surface area contributed by atoms with Gasteiger partial charge in [-0.2, -0.15) is 0 Å². The van der Waals surface area contributed by atoms with Crippen LogP contribution in [0.4, 0.5) is 4.79 Å². The molecule has 1 saturated carbocycles. The average Bonchev–Trinajstić information content (AvgIpc) is 2.38. The summed E-state index contributed by atoms with van der Waals surface area (Å²) < 4.78 is 0. The molecule has 1 aliphatic carbocycles. The van der Waals surface area contributed by atoms with Crippen molar-refractivity contribution >= 4 is 11.9 Å². The summed E-state index contributed by atoms with van der Waals surface area (Å²) in [5.74, 6) is -0.0868. The topological polar surface area (TPSA) is 61.4 Å². The standard InChI is InChI=1S/C13H23N3O2/c1-4-9-16(3)13(18)15-11-8-6-5-7-10(11)12(17)14-2/h4,10-11H,1,5-9H2,2-3H3,(H,14,17)(H,15,18)/t10-,11-/m0/s1. The first-order chi connectivity index (χ1) is 8.60. The fraction of sp³-hybridized carbons (Fsp3) is 0.692. The van der Waals surface area contributed by atoms with Crippen molar-refractivity contribution in [3.63, 3.8) is 0 Å². The van der Waals surface area contributed by atoms with Crippen LogP contribution in [-0.4, -0.2) is 43.5 Å². The summed E-state index contributed by atoms with van der Waals surface area (Å²) in [6.07, 6.45) is 5.49. The van der Waals surface area contributed by atoms with E-state index in [0.29, 0.717) is 6.54 Å². The summed E-state index contributed by atoms with van der Waals surface area (Å²) in [4.78, 5) is 25.2. The zero-order valence-electron chi connectivity index (χ0n) is 11.2. The fourth-order valence-electron chi connectivity index (χ4n) is 2.35. The fourth-order valence-corrected chi connectivity index (χ4v) is 2.35. The van der Waals surface area contributed by atoms with Gasteiger partial charge in [-0.05, 0) is 12.8 Å². The molecule has 1 fully saturated rings. The Bertz CT molecular complexity index is 317. The highest BCUT2D eigenvalue weighted by Gasteiger charge is 2.31. The maximum Gasteiger partial charge on any atom is 0.317 e. The van der Waals surface area contributed by atoms with Crippen molar-refractivity contribution in [2.75, 3.05) is 20.6 Å². The van der Waals surface area contributed by atoms with Crippen molar-refractivity contribution in [1.82, 2.24) is 15.5 Å². The Kier molecular flexibility index (Phi) is 5.68. The highest BCUT2D eigenvalue weighted by atomic mass is 16.2. The second-order valence-electron chi connectivity index (χ2n) is 4.73. The van der Waals surface area contributed by atoms with Crippen LogP contribution in [-0.2, 0) is 4.79 Å². The van der Waals surface area contributed by atoms with E-state index in [0.717, 1.165) is 25.7 Å². The van der Waals surface area contributed by atoms with Crippen LogP contribution in [0.2, 0.25) is 0 Å². The van der Waals surface area contributed by atoms with Crippen molar-refractivity contribution < 1.29 is 9.59 Å². The number of hydrogen-bond donors (Lipinski definition) is 2. The zero-order valence-corrected chi connectivity index (χ0v) is 11.2. The number of carbonyl (C=O) groups excluding carboxylic acids is 2. The third-order valence-corrected chi connectivity index (χ3v) is 3.41. The van der Waals surface area contributed by atoms with Gasteiger partial charge < -0.3 is 15.5 Å². The first-order valence-electron chi connectivity index (χ1n) is 6.44. The number of likely N-dealkylation sites (N-methyl/N-ethyl adjacent to an activating group) is 1. The lowest BCUT2D eigenvalue weighted by atomic mass is 9.84. The first-order valence-corrected chi connectivity index (χ1v) is 6.44. The van der Waals surface area contributed by atoms with Crippen molar-refractivity contribution in [2.45, 2.75) is 31.7 Å². The van der Waals surface area contributed by atoms with Crippen molar-refractivity contribution in [3.8, 4) is 0 Å². The third kappa shape index (κ3) is 3.75. The number of nitrogens with one attached hydrogen (secondary N) is 2. The Balaban J connectivity index is 2.59. The third-order valence-electron chi connectivity index (χ3n) is 3.41. The van der Waals surface area contributed by atoms with Crippen LogP contribution in [0.5, 0.6) is 0 Å². The van der Waals surface area contributed by atoms with E-state index in [2.05, 4.69) is 17.2 Å². The molecule has 3 amide bonds. The molecular weight excluding hydrogens is 230 g/mol. The summed E-state index contributed by atoms with van der Waals surface area (Å²) >= 11 is 0. The van der Waals surface area contributed by atoms with E-state index in [4.69, 9.17) is 0 Å². The molecule has 0 bridgehead atoms. The molecule has 0 unspecified atom stereocenters. The highest BCUT2D eigenvalue weighted by Crippen LogP contribution is 2.24. The number of hydrogen-bond acceptors (Lipinski definition) is 2. The van der Waals surface area contributed by atoms with Gasteiger partial charge in [-0.25, -0.2) is 4.79 Å². The molecule has 1 rings (SSSR count). The molecule has 0 aliphatic heterocycles. The molecule has 0 saturated heterocycles. The molecule has 18 heavy (non-hydrogen) atoms. The number of nitrogens with zero attached hydrogens (tertiary/aromatic N) is 1. The zero-order chi connectivity index (χ0) is 13.5. The van der Waals surface area contributed by atoms with E-state index in [1.807, 2.05) is 0 Å².